The Balaban J connectivity index is 2.13. The van der Waals surface area contributed by atoms with E-state index in [0.717, 1.165) is 11.1 Å². The predicted molar refractivity (Wildman–Crippen MR) is 98.3 cm³/mol. The van der Waals surface area contributed by atoms with Crippen LogP contribution in [0.3, 0.4) is 0 Å². The molecule has 6 nitrogen and oxygen atoms in total. The zero-order valence-corrected chi connectivity index (χ0v) is 14.8. The Morgan fingerprint density at radius 3 is 2.12 bits per heavy atom. The standard InChI is InChI=1S/C20H24N2O4/c1-25-19(23)18(14-16-8-4-2-5-9-16)22(13-12-21)20(24)26-15-17-10-6-3-7-11-17/h2-11,18H,12-15,21H2,1H3/t18-/m0/s1. The highest BCUT2D eigenvalue weighted by molar-refractivity contribution is 5.81. The van der Waals surface area contributed by atoms with Crippen molar-refractivity contribution in [2.24, 2.45) is 5.73 Å². The van der Waals surface area contributed by atoms with Gasteiger partial charge in [-0.1, -0.05) is 60.7 Å². The quantitative estimate of drug-likeness (QED) is 0.734. The average Bonchev–Trinajstić information content (AvgIpc) is 2.69. The molecule has 1 amide bonds. The largest absolute Gasteiger partial charge is 0.467 e. The van der Waals surface area contributed by atoms with E-state index in [1.54, 1.807) is 0 Å². The van der Waals surface area contributed by atoms with Crippen molar-refractivity contribution in [1.82, 2.24) is 4.90 Å². The maximum Gasteiger partial charge on any atom is 0.410 e. The SMILES string of the molecule is COC(=O)[C@H](Cc1ccccc1)N(CCN)C(=O)OCc1ccccc1. The fourth-order valence-electron chi connectivity index (χ4n) is 2.61. The molecule has 0 fully saturated rings. The normalized spacial score (nSPS) is 11.5. The summed E-state index contributed by atoms with van der Waals surface area (Å²) < 4.78 is 10.3. The summed E-state index contributed by atoms with van der Waals surface area (Å²) in [7, 11) is 1.30. The maximum absolute atomic E-state index is 12.6. The molecule has 138 valence electrons. The van der Waals surface area contributed by atoms with Crippen molar-refractivity contribution >= 4 is 12.1 Å². The number of methoxy groups -OCH3 is 1. The molecule has 0 unspecified atom stereocenters. The molecule has 0 spiro atoms. The molecule has 0 saturated heterocycles. The number of rotatable bonds is 8. The van der Waals surface area contributed by atoms with E-state index in [1.807, 2.05) is 60.7 Å². The highest BCUT2D eigenvalue weighted by Gasteiger charge is 2.31. The monoisotopic (exact) mass is 356 g/mol. The summed E-state index contributed by atoms with van der Waals surface area (Å²) in [4.78, 5) is 26.2. The second-order valence-electron chi connectivity index (χ2n) is 5.75. The molecule has 1 atom stereocenters. The number of esters is 1. The third kappa shape index (κ3) is 5.60. The Morgan fingerprint density at radius 2 is 1.58 bits per heavy atom. The van der Waals surface area contributed by atoms with Gasteiger partial charge in [-0.05, 0) is 11.1 Å². The third-order valence-electron chi connectivity index (χ3n) is 3.93. The number of carbonyl (C=O) groups excluding carboxylic acids is 2. The van der Waals surface area contributed by atoms with Gasteiger partial charge >= 0.3 is 12.1 Å². The van der Waals surface area contributed by atoms with E-state index in [2.05, 4.69) is 0 Å². The Hall–Kier alpha value is -2.86. The van der Waals surface area contributed by atoms with Gasteiger partial charge in [-0.2, -0.15) is 0 Å². The van der Waals surface area contributed by atoms with Gasteiger partial charge in [0.1, 0.15) is 12.6 Å². The number of ether oxygens (including phenoxy) is 2. The zero-order valence-electron chi connectivity index (χ0n) is 14.8. The van der Waals surface area contributed by atoms with Crippen LogP contribution in [0.1, 0.15) is 11.1 Å². The van der Waals surface area contributed by atoms with Gasteiger partial charge in [0, 0.05) is 19.5 Å². The molecule has 0 aliphatic rings. The molecular weight excluding hydrogens is 332 g/mol. The van der Waals surface area contributed by atoms with Crippen molar-refractivity contribution in [3.05, 3.63) is 71.8 Å². The van der Waals surface area contributed by atoms with Crippen LogP contribution in [0.25, 0.3) is 0 Å². The molecule has 0 heterocycles. The van der Waals surface area contributed by atoms with Crippen LogP contribution in [0.4, 0.5) is 4.79 Å². The smallest absolute Gasteiger partial charge is 0.410 e. The summed E-state index contributed by atoms with van der Waals surface area (Å²) in [5, 5.41) is 0. The van der Waals surface area contributed by atoms with Crippen LogP contribution in [0.5, 0.6) is 0 Å². The lowest BCUT2D eigenvalue weighted by atomic mass is 10.0. The molecule has 0 aromatic heterocycles. The van der Waals surface area contributed by atoms with E-state index in [4.69, 9.17) is 15.2 Å². The minimum absolute atomic E-state index is 0.125. The lowest BCUT2D eigenvalue weighted by molar-refractivity contribution is -0.146. The van der Waals surface area contributed by atoms with Crippen LogP contribution < -0.4 is 5.73 Å². The fourth-order valence-corrected chi connectivity index (χ4v) is 2.61. The van der Waals surface area contributed by atoms with Crippen molar-refractivity contribution < 1.29 is 19.1 Å². The van der Waals surface area contributed by atoms with Crippen molar-refractivity contribution in [2.45, 2.75) is 19.1 Å². The summed E-state index contributed by atoms with van der Waals surface area (Å²) in [6, 6.07) is 18.0. The van der Waals surface area contributed by atoms with Gasteiger partial charge in [-0.25, -0.2) is 9.59 Å². The van der Waals surface area contributed by atoms with Gasteiger partial charge < -0.3 is 15.2 Å². The molecule has 2 aromatic rings. The molecular formula is C20H24N2O4. The van der Waals surface area contributed by atoms with Gasteiger partial charge in [0.2, 0.25) is 0 Å². The first-order chi connectivity index (χ1) is 12.7. The number of benzene rings is 2. The Morgan fingerprint density at radius 1 is 1.00 bits per heavy atom. The third-order valence-corrected chi connectivity index (χ3v) is 3.93. The van der Waals surface area contributed by atoms with Crippen molar-refractivity contribution in [2.75, 3.05) is 20.2 Å². The minimum Gasteiger partial charge on any atom is -0.467 e. The Labute approximate surface area is 153 Å². The van der Waals surface area contributed by atoms with Crippen LogP contribution in [0.2, 0.25) is 0 Å². The summed E-state index contributed by atoms with van der Waals surface area (Å²) in [5.74, 6) is -0.501. The van der Waals surface area contributed by atoms with Crippen LogP contribution >= 0.6 is 0 Å². The first-order valence-electron chi connectivity index (χ1n) is 8.45. The second-order valence-corrected chi connectivity index (χ2v) is 5.75. The Bertz CT molecular complexity index is 691. The zero-order chi connectivity index (χ0) is 18.8. The number of nitrogens with two attached hydrogens (primary N) is 1. The number of hydrogen-bond acceptors (Lipinski definition) is 5. The molecule has 2 N–H and O–H groups in total. The average molecular weight is 356 g/mol. The summed E-state index contributed by atoms with van der Waals surface area (Å²) in [6.07, 6.45) is -0.265. The van der Waals surface area contributed by atoms with Crippen LogP contribution in [0.15, 0.2) is 60.7 Å². The van der Waals surface area contributed by atoms with Gasteiger partial charge in [-0.15, -0.1) is 0 Å². The van der Waals surface area contributed by atoms with Crippen LogP contribution in [-0.4, -0.2) is 43.2 Å². The predicted octanol–water partition coefficient (Wildman–Crippen LogP) is 2.37. The molecule has 6 heteroatoms. The molecule has 26 heavy (non-hydrogen) atoms. The molecule has 0 radical (unpaired) electrons. The number of amides is 1. The number of carbonyl (C=O) groups is 2. The lowest BCUT2D eigenvalue weighted by Gasteiger charge is -2.29. The fraction of sp³-hybridized carbons (Fsp3) is 0.300. The maximum atomic E-state index is 12.6. The van der Waals surface area contributed by atoms with E-state index < -0.39 is 18.1 Å². The van der Waals surface area contributed by atoms with Gasteiger partial charge in [-0.3, -0.25) is 4.90 Å². The topological polar surface area (TPSA) is 81.9 Å². The molecule has 2 aromatic carbocycles. The van der Waals surface area contributed by atoms with Crippen LogP contribution in [-0.2, 0) is 27.3 Å². The van der Waals surface area contributed by atoms with E-state index in [-0.39, 0.29) is 19.7 Å². The summed E-state index contributed by atoms with van der Waals surface area (Å²) in [5.41, 5.74) is 7.43. The summed E-state index contributed by atoms with van der Waals surface area (Å²) >= 11 is 0. The van der Waals surface area contributed by atoms with Crippen molar-refractivity contribution in [3.8, 4) is 0 Å². The molecule has 0 aliphatic carbocycles. The minimum atomic E-state index is -0.797. The second kappa shape index (κ2) is 10.2. The van der Waals surface area contributed by atoms with Crippen molar-refractivity contribution in [1.29, 1.82) is 0 Å². The number of nitrogens with zero attached hydrogens (tertiary/aromatic N) is 1. The Kier molecular flexibility index (Phi) is 7.64. The first-order valence-corrected chi connectivity index (χ1v) is 8.45. The first kappa shape index (κ1) is 19.5. The molecule has 0 aliphatic heterocycles. The molecule has 0 bridgehead atoms. The number of hydrogen-bond donors (Lipinski definition) is 1. The molecule has 2 rings (SSSR count). The lowest BCUT2D eigenvalue weighted by Crippen LogP contribution is -2.49. The van der Waals surface area contributed by atoms with E-state index in [0.29, 0.717) is 6.42 Å². The van der Waals surface area contributed by atoms with Gasteiger partial charge in [0.15, 0.2) is 0 Å². The summed E-state index contributed by atoms with van der Waals surface area (Å²) in [6.45, 7) is 0.531. The van der Waals surface area contributed by atoms with Gasteiger partial charge in [0.25, 0.3) is 0 Å². The van der Waals surface area contributed by atoms with E-state index >= 15 is 0 Å². The molecule has 0 saturated carbocycles. The van der Waals surface area contributed by atoms with Crippen molar-refractivity contribution in [3.63, 3.8) is 0 Å². The van der Waals surface area contributed by atoms with Gasteiger partial charge in [0.05, 0.1) is 7.11 Å². The van der Waals surface area contributed by atoms with Crippen LogP contribution in [0, 0.1) is 0 Å². The van der Waals surface area contributed by atoms with E-state index in [9.17, 15) is 9.59 Å². The highest BCUT2D eigenvalue weighted by Crippen LogP contribution is 2.13. The van der Waals surface area contributed by atoms with E-state index in [1.165, 1.54) is 12.0 Å². The highest BCUT2D eigenvalue weighted by atomic mass is 16.6.